The van der Waals surface area contributed by atoms with Gasteiger partial charge in [-0.3, -0.25) is 14.4 Å². The number of carbonyl (C=O) groups excluding carboxylic acids is 3. The molecule has 0 radical (unpaired) electrons. The van der Waals surface area contributed by atoms with Gasteiger partial charge in [0.25, 0.3) is 5.91 Å². The summed E-state index contributed by atoms with van der Waals surface area (Å²) < 4.78 is 4.92. The molecule has 1 fully saturated rings. The predicted octanol–water partition coefficient (Wildman–Crippen LogP) is 1.51. The monoisotopic (exact) mass is 391 g/mol. The molecule has 0 atom stereocenters. The Labute approximate surface area is 163 Å². The van der Waals surface area contributed by atoms with Gasteiger partial charge >= 0.3 is 0 Å². The molecule has 27 heavy (non-hydrogen) atoms. The van der Waals surface area contributed by atoms with E-state index < -0.39 is 0 Å². The normalized spacial score (nSPS) is 16.9. The van der Waals surface area contributed by atoms with Crippen LogP contribution in [0, 0.1) is 0 Å². The van der Waals surface area contributed by atoms with Crippen LogP contribution in [0.15, 0.2) is 23.1 Å². The van der Waals surface area contributed by atoms with Crippen LogP contribution in [0.3, 0.4) is 0 Å². The van der Waals surface area contributed by atoms with E-state index in [0.29, 0.717) is 24.4 Å². The molecule has 0 unspecified atom stereocenters. The fraction of sp³-hybridized carbons (Fsp3) is 0.526. The van der Waals surface area contributed by atoms with E-state index in [0.717, 1.165) is 37.2 Å². The molecule has 0 bridgehead atoms. The second kappa shape index (κ2) is 9.23. The van der Waals surface area contributed by atoms with Gasteiger partial charge in [-0.1, -0.05) is 0 Å². The Kier molecular flexibility index (Phi) is 6.73. The van der Waals surface area contributed by atoms with Crippen LogP contribution in [0.5, 0.6) is 0 Å². The van der Waals surface area contributed by atoms with Gasteiger partial charge in [-0.2, -0.15) is 0 Å². The van der Waals surface area contributed by atoms with Gasteiger partial charge in [0.1, 0.15) is 6.54 Å². The molecule has 146 valence electrons. The number of nitrogens with one attached hydrogen (secondary N) is 1. The van der Waals surface area contributed by atoms with E-state index in [9.17, 15) is 14.4 Å². The van der Waals surface area contributed by atoms with Gasteiger partial charge in [-0.05, 0) is 37.5 Å². The second-order valence-electron chi connectivity index (χ2n) is 6.65. The van der Waals surface area contributed by atoms with Crippen molar-refractivity contribution in [3.8, 4) is 0 Å². The number of ether oxygens (including phenoxy) is 1. The van der Waals surface area contributed by atoms with Crippen LogP contribution in [0.4, 0.5) is 5.69 Å². The molecule has 0 spiro atoms. The lowest BCUT2D eigenvalue weighted by Crippen LogP contribution is -2.44. The van der Waals surface area contributed by atoms with E-state index in [1.165, 1.54) is 16.7 Å². The molecule has 7 nitrogen and oxygen atoms in total. The highest BCUT2D eigenvalue weighted by Gasteiger charge is 2.28. The minimum atomic E-state index is -0.244. The summed E-state index contributed by atoms with van der Waals surface area (Å²) in [6.45, 7) is 2.30. The third kappa shape index (κ3) is 4.81. The fourth-order valence-electron chi connectivity index (χ4n) is 3.28. The number of carbonyl (C=O) groups is 3. The number of anilines is 1. The summed E-state index contributed by atoms with van der Waals surface area (Å²) in [7, 11) is 1.56. The number of likely N-dealkylation sites (tertiary alicyclic amines) is 1. The van der Waals surface area contributed by atoms with Crippen LogP contribution in [0.25, 0.3) is 0 Å². The number of thioether (sulfide) groups is 1. The summed E-state index contributed by atoms with van der Waals surface area (Å²) >= 11 is 1.44. The van der Waals surface area contributed by atoms with E-state index >= 15 is 0 Å². The maximum absolute atomic E-state index is 12.8. The van der Waals surface area contributed by atoms with Crippen molar-refractivity contribution >= 4 is 35.2 Å². The van der Waals surface area contributed by atoms with Gasteiger partial charge < -0.3 is 19.9 Å². The zero-order valence-electron chi connectivity index (χ0n) is 15.5. The van der Waals surface area contributed by atoms with Gasteiger partial charge in [0.15, 0.2) is 0 Å². The quantitative estimate of drug-likeness (QED) is 0.744. The highest BCUT2D eigenvalue weighted by Crippen LogP contribution is 2.36. The molecule has 2 heterocycles. The molecule has 3 rings (SSSR count). The van der Waals surface area contributed by atoms with E-state index in [4.69, 9.17) is 4.74 Å². The number of amides is 3. The average Bonchev–Trinajstić information content (AvgIpc) is 2.70. The molecule has 0 aliphatic carbocycles. The van der Waals surface area contributed by atoms with Crippen molar-refractivity contribution in [2.75, 3.05) is 50.5 Å². The number of fused-ring (bicyclic) bond motifs is 1. The third-order valence-electron chi connectivity index (χ3n) is 4.72. The molecule has 1 aromatic carbocycles. The lowest BCUT2D eigenvalue weighted by atomic mass is 10.1. The summed E-state index contributed by atoms with van der Waals surface area (Å²) in [6.07, 6.45) is 3.21. The first-order valence-electron chi connectivity index (χ1n) is 9.22. The summed E-state index contributed by atoms with van der Waals surface area (Å²) in [5, 5.41) is 2.73. The van der Waals surface area contributed by atoms with Crippen LogP contribution < -0.4 is 10.2 Å². The molecule has 3 amide bonds. The topological polar surface area (TPSA) is 79.0 Å². The summed E-state index contributed by atoms with van der Waals surface area (Å²) in [4.78, 5) is 41.6. The van der Waals surface area contributed by atoms with Crippen LogP contribution in [0.1, 0.15) is 29.6 Å². The van der Waals surface area contributed by atoms with Crippen molar-refractivity contribution in [3.63, 3.8) is 0 Å². The third-order valence-corrected chi connectivity index (χ3v) is 5.77. The minimum Gasteiger partial charge on any atom is -0.383 e. The lowest BCUT2D eigenvalue weighted by Gasteiger charge is -2.30. The van der Waals surface area contributed by atoms with E-state index in [1.54, 1.807) is 13.2 Å². The lowest BCUT2D eigenvalue weighted by molar-refractivity contribution is -0.123. The van der Waals surface area contributed by atoms with Crippen LogP contribution >= 0.6 is 11.8 Å². The summed E-state index contributed by atoms with van der Waals surface area (Å²) in [6, 6.07) is 5.44. The highest BCUT2D eigenvalue weighted by molar-refractivity contribution is 8.00. The molecule has 8 heteroatoms. The number of hydrogen-bond acceptors (Lipinski definition) is 5. The van der Waals surface area contributed by atoms with Crippen molar-refractivity contribution in [1.82, 2.24) is 10.2 Å². The Balaban J connectivity index is 1.77. The molecule has 0 aromatic heterocycles. The zero-order chi connectivity index (χ0) is 19.2. The predicted molar refractivity (Wildman–Crippen MR) is 104 cm³/mol. The van der Waals surface area contributed by atoms with Gasteiger partial charge in [0.05, 0.1) is 18.0 Å². The molecule has 0 saturated carbocycles. The first kappa shape index (κ1) is 19.7. The van der Waals surface area contributed by atoms with Crippen LogP contribution in [-0.2, 0) is 14.3 Å². The molecule has 1 N–H and O–H groups in total. The van der Waals surface area contributed by atoms with Gasteiger partial charge in [0.2, 0.25) is 11.8 Å². The largest absolute Gasteiger partial charge is 0.383 e. The second-order valence-corrected chi connectivity index (χ2v) is 7.66. The fourth-order valence-corrected chi connectivity index (χ4v) is 4.20. The first-order chi connectivity index (χ1) is 13.1. The Bertz CT molecular complexity index is 719. The number of nitrogens with zero attached hydrogens (tertiary/aromatic N) is 2. The Hall–Kier alpha value is -2.06. The van der Waals surface area contributed by atoms with Crippen LogP contribution in [-0.4, -0.2) is 68.3 Å². The van der Waals surface area contributed by atoms with Crippen molar-refractivity contribution in [2.24, 2.45) is 0 Å². The smallest absolute Gasteiger partial charge is 0.253 e. The Morgan fingerprint density at radius 2 is 2.00 bits per heavy atom. The van der Waals surface area contributed by atoms with Crippen molar-refractivity contribution in [1.29, 1.82) is 0 Å². The number of hydrogen-bond donors (Lipinski definition) is 1. The van der Waals surface area contributed by atoms with Gasteiger partial charge in [-0.25, -0.2) is 0 Å². The number of piperidine rings is 1. The minimum absolute atomic E-state index is 0.00924. The van der Waals surface area contributed by atoms with Crippen molar-refractivity contribution < 1.29 is 19.1 Å². The maximum atomic E-state index is 12.8. The Morgan fingerprint density at radius 1 is 1.22 bits per heavy atom. The van der Waals surface area contributed by atoms with E-state index in [2.05, 4.69) is 5.32 Å². The summed E-state index contributed by atoms with van der Waals surface area (Å²) in [5.41, 5.74) is 1.21. The molecule has 2 aliphatic heterocycles. The van der Waals surface area contributed by atoms with Crippen LogP contribution in [0.2, 0.25) is 0 Å². The standard InChI is InChI=1S/C19H25N3O4S/c1-26-10-7-20-17(23)12-22-15-11-14(5-6-16(15)27-13-18(22)24)19(25)21-8-3-2-4-9-21/h5-6,11H,2-4,7-10,12-13H2,1H3,(H,20,23). The van der Waals surface area contributed by atoms with Gasteiger partial charge in [0, 0.05) is 37.2 Å². The van der Waals surface area contributed by atoms with E-state index in [1.807, 2.05) is 17.0 Å². The molecule has 2 aliphatic rings. The summed E-state index contributed by atoms with van der Waals surface area (Å²) in [5.74, 6) is -0.0920. The SMILES string of the molecule is COCCNC(=O)CN1C(=O)CSc2ccc(C(=O)N3CCCCC3)cc21. The average molecular weight is 391 g/mol. The molecular formula is C19H25N3O4S. The first-order valence-corrected chi connectivity index (χ1v) is 10.2. The maximum Gasteiger partial charge on any atom is 0.253 e. The van der Waals surface area contributed by atoms with Crippen molar-refractivity contribution in [3.05, 3.63) is 23.8 Å². The number of methoxy groups -OCH3 is 1. The number of rotatable bonds is 6. The molecular weight excluding hydrogens is 366 g/mol. The van der Waals surface area contributed by atoms with Crippen molar-refractivity contribution in [2.45, 2.75) is 24.2 Å². The highest BCUT2D eigenvalue weighted by atomic mass is 32.2. The van der Waals surface area contributed by atoms with E-state index in [-0.39, 0.29) is 30.0 Å². The zero-order valence-corrected chi connectivity index (χ0v) is 16.3. The Morgan fingerprint density at radius 3 is 2.74 bits per heavy atom. The molecule has 1 aromatic rings. The number of benzene rings is 1. The van der Waals surface area contributed by atoms with Gasteiger partial charge in [-0.15, -0.1) is 11.8 Å². The molecule has 1 saturated heterocycles.